The summed E-state index contributed by atoms with van der Waals surface area (Å²) in [7, 11) is -3.35. The number of benzene rings is 1. The third-order valence-electron chi connectivity index (χ3n) is 3.60. The van der Waals surface area contributed by atoms with E-state index in [4.69, 9.17) is 0 Å². The van der Waals surface area contributed by atoms with E-state index < -0.39 is 9.84 Å². The van der Waals surface area contributed by atoms with Crippen molar-refractivity contribution in [1.82, 2.24) is 0 Å². The van der Waals surface area contributed by atoms with Gasteiger partial charge in [0.25, 0.3) is 0 Å². The van der Waals surface area contributed by atoms with Crippen molar-refractivity contribution < 1.29 is 8.42 Å². The zero-order chi connectivity index (χ0) is 12.9. The molecule has 0 N–H and O–H groups in total. The molecule has 0 spiro atoms. The number of halogens is 1. The molecule has 0 heterocycles. The lowest BCUT2D eigenvalue weighted by molar-refractivity contribution is 0.596. The highest BCUT2D eigenvalue weighted by Gasteiger charge is 2.41. The maximum Gasteiger partial charge on any atom is 0.204 e. The number of allylic oxidation sites excluding steroid dienone is 4. The minimum atomic E-state index is -3.35. The van der Waals surface area contributed by atoms with Gasteiger partial charge in [0.2, 0.25) is 9.84 Å². The van der Waals surface area contributed by atoms with Gasteiger partial charge in [0.1, 0.15) is 0 Å². The quantitative estimate of drug-likeness (QED) is 0.779. The lowest BCUT2D eigenvalue weighted by atomic mass is 10.2. The molecule has 18 heavy (non-hydrogen) atoms. The first-order chi connectivity index (χ1) is 8.50. The Morgan fingerprint density at radius 2 is 1.72 bits per heavy atom. The van der Waals surface area contributed by atoms with E-state index in [0.717, 1.165) is 16.5 Å². The van der Waals surface area contributed by atoms with Gasteiger partial charge in [-0.05, 0) is 25.5 Å². The van der Waals surface area contributed by atoms with Crippen molar-refractivity contribution in [2.24, 2.45) is 11.8 Å². The molecular formula is C14H13BrO2S. The maximum absolute atomic E-state index is 12.6. The fourth-order valence-corrected chi connectivity index (χ4v) is 5.62. The van der Waals surface area contributed by atoms with E-state index in [1.54, 1.807) is 12.1 Å². The molecule has 94 valence electrons. The maximum atomic E-state index is 12.6. The minimum Gasteiger partial charge on any atom is -0.219 e. The molecular weight excluding hydrogens is 312 g/mol. The molecule has 4 heteroatoms. The number of hydrogen-bond acceptors (Lipinski definition) is 2. The number of fused-ring (bicyclic) bond motifs is 2. The van der Waals surface area contributed by atoms with Crippen LogP contribution in [0.25, 0.3) is 0 Å². The summed E-state index contributed by atoms with van der Waals surface area (Å²) in [5, 5.41) is 0. The molecule has 2 atom stereocenters. The minimum absolute atomic E-state index is 0.0516. The predicted molar refractivity (Wildman–Crippen MR) is 75.1 cm³/mol. The van der Waals surface area contributed by atoms with Crippen molar-refractivity contribution in [2.45, 2.75) is 18.2 Å². The van der Waals surface area contributed by atoms with Crippen LogP contribution in [-0.2, 0) is 9.84 Å². The molecule has 3 rings (SSSR count). The fraction of sp³-hybridized carbons (Fsp3) is 0.286. The highest BCUT2D eigenvalue weighted by Crippen LogP contribution is 2.49. The van der Waals surface area contributed by atoms with Crippen molar-refractivity contribution in [3.63, 3.8) is 0 Å². The molecule has 0 amide bonds. The van der Waals surface area contributed by atoms with Gasteiger partial charge in [0.05, 0.1) is 9.80 Å². The Bertz CT molecular complexity index is 654. The summed E-state index contributed by atoms with van der Waals surface area (Å²) in [5.41, 5.74) is 1.06. The molecule has 2 aliphatic rings. The van der Waals surface area contributed by atoms with Crippen LogP contribution in [0.4, 0.5) is 0 Å². The summed E-state index contributed by atoms with van der Waals surface area (Å²) in [6.07, 6.45) is 4.99. The summed E-state index contributed by atoms with van der Waals surface area (Å²) >= 11 is 3.46. The van der Waals surface area contributed by atoms with Crippen LogP contribution in [0.2, 0.25) is 0 Å². The Balaban J connectivity index is 2.09. The first-order valence-corrected chi connectivity index (χ1v) is 8.17. The number of rotatable bonds is 2. The van der Waals surface area contributed by atoms with Gasteiger partial charge in [-0.25, -0.2) is 8.42 Å². The Morgan fingerprint density at radius 3 is 2.28 bits per heavy atom. The first kappa shape index (κ1) is 12.2. The molecule has 0 aliphatic heterocycles. The number of sulfone groups is 1. The van der Waals surface area contributed by atoms with E-state index in [1.807, 2.05) is 25.1 Å². The fourth-order valence-electron chi connectivity index (χ4n) is 2.61. The Hall–Kier alpha value is -0.870. The molecule has 2 nitrogen and oxygen atoms in total. The van der Waals surface area contributed by atoms with E-state index in [1.165, 1.54) is 0 Å². The van der Waals surface area contributed by atoms with E-state index in [-0.39, 0.29) is 11.8 Å². The monoisotopic (exact) mass is 324 g/mol. The average Bonchev–Trinajstić information content (AvgIpc) is 2.89. The molecule has 0 fully saturated rings. The summed E-state index contributed by atoms with van der Waals surface area (Å²) in [4.78, 5) is 0.944. The molecule has 2 aliphatic carbocycles. The number of hydrogen-bond donors (Lipinski definition) is 0. The van der Waals surface area contributed by atoms with Crippen LogP contribution in [0.3, 0.4) is 0 Å². The standard InChI is InChI=1S/C14H13BrO2S/c1-9-2-6-12(7-3-9)18(16,17)14-11-5-4-10(8-11)13(14)15/h2-7,10-11H,8H2,1H3/t10-,11+/m1/s1. The highest BCUT2D eigenvalue weighted by molar-refractivity contribution is 9.11. The third kappa shape index (κ3) is 1.70. The normalized spacial score (nSPS) is 26.1. The summed E-state index contributed by atoms with van der Waals surface area (Å²) in [6, 6.07) is 7.05. The van der Waals surface area contributed by atoms with E-state index >= 15 is 0 Å². The van der Waals surface area contributed by atoms with E-state index in [9.17, 15) is 8.42 Å². The molecule has 0 aromatic heterocycles. The number of aryl methyl sites for hydroxylation is 1. The van der Waals surface area contributed by atoms with Crippen molar-refractivity contribution in [3.8, 4) is 0 Å². The summed E-state index contributed by atoms with van der Waals surface area (Å²) in [5.74, 6) is 0.306. The third-order valence-corrected chi connectivity index (χ3v) is 6.87. The van der Waals surface area contributed by atoms with Gasteiger partial charge in [-0.1, -0.05) is 45.8 Å². The van der Waals surface area contributed by atoms with Crippen LogP contribution in [0.15, 0.2) is 50.7 Å². The van der Waals surface area contributed by atoms with Gasteiger partial charge in [0.15, 0.2) is 0 Å². The van der Waals surface area contributed by atoms with Crippen LogP contribution in [-0.4, -0.2) is 8.42 Å². The van der Waals surface area contributed by atoms with Crippen LogP contribution >= 0.6 is 15.9 Å². The van der Waals surface area contributed by atoms with Gasteiger partial charge in [-0.15, -0.1) is 0 Å². The zero-order valence-corrected chi connectivity index (χ0v) is 12.3. The molecule has 0 unspecified atom stereocenters. The molecule has 2 bridgehead atoms. The lowest BCUT2D eigenvalue weighted by Gasteiger charge is -2.13. The molecule has 0 saturated heterocycles. The van der Waals surface area contributed by atoms with Crippen molar-refractivity contribution in [1.29, 1.82) is 0 Å². The average molecular weight is 325 g/mol. The van der Waals surface area contributed by atoms with Gasteiger partial charge < -0.3 is 0 Å². The Kier molecular flexibility index (Phi) is 2.75. The van der Waals surface area contributed by atoms with E-state index in [0.29, 0.717) is 9.80 Å². The Morgan fingerprint density at radius 1 is 1.11 bits per heavy atom. The topological polar surface area (TPSA) is 34.1 Å². The second kappa shape index (κ2) is 4.07. The molecule has 1 aromatic carbocycles. The van der Waals surface area contributed by atoms with E-state index in [2.05, 4.69) is 22.0 Å². The van der Waals surface area contributed by atoms with Crippen LogP contribution in [0.1, 0.15) is 12.0 Å². The lowest BCUT2D eigenvalue weighted by Crippen LogP contribution is -2.10. The predicted octanol–water partition coefficient (Wildman–Crippen LogP) is 3.58. The van der Waals surface area contributed by atoms with Crippen molar-refractivity contribution in [3.05, 3.63) is 51.4 Å². The van der Waals surface area contributed by atoms with Crippen LogP contribution in [0.5, 0.6) is 0 Å². The smallest absolute Gasteiger partial charge is 0.204 e. The molecule has 0 saturated carbocycles. The van der Waals surface area contributed by atoms with Gasteiger partial charge >= 0.3 is 0 Å². The van der Waals surface area contributed by atoms with Crippen molar-refractivity contribution in [2.75, 3.05) is 0 Å². The summed E-state index contributed by atoms with van der Waals surface area (Å²) < 4.78 is 26.1. The molecule has 1 aromatic rings. The van der Waals surface area contributed by atoms with Gasteiger partial charge in [-0.3, -0.25) is 0 Å². The second-order valence-electron chi connectivity index (χ2n) is 4.86. The largest absolute Gasteiger partial charge is 0.219 e. The summed E-state index contributed by atoms with van der Waals surface area (Å²) in [6.45, 7) is 1.95. The van der Waals surface area contributed by atoms with Gasteiger partial charge in [0, 0.05) is 16.3 Å². The Labute approximate surface area is 115 Å². The SMILES string of the molecule is Cc1ccc(S(=O)(=O)C2=C(Br)[C@@H]3C=C[C@H]2C3)cc1. The first-order valence-electron chi connectivity index (χ1n) is 5.90. The van der Waals surface area contributed by atoms with Crippen LogP contribution < -0.4 is 0 Å². The molecule has 0 radical (unpaired) electrons. The van der Waals surface area contributed by atoms with Gasteiger partial charge in [-0.2, -0.15) is 0 Å². The zero-order valence-electron chi connectivity index (χ0n) is 9.93. The van der Waals surface area contributed by atoms with Crippen molar-refractivity contribution >= 4 is 25.8 Å². The highest BCUT2D eigenvalue weighted by atomic mass is 79.9. The van der Waals surface area contributed by atoms with Crippen LogP contribution in [0, 0.1) is 18.8 Å². The second-order valence-corrected chi connectivity index (χ2v) is 7.63.